The number of carbonyl (C=O) groups is 1. The molecule has 3 aromatic rings. The summed E-state index contributed by atoms with van der Waals surface area (Å²) in [4.78, 5) is 20.5. The van der Waals surface area contributed by atoms with Crippen molar-refractivity contribution >= 4 is 17.2 Å². The van der Waals surface area contributed by atoms with Gasteiger partial charge in [-0.15, -0.1) is 0 Å². The van der Waals surface area contributed by atoms with Crippen molar-refractivity contribution in [3.63, 3.8) is 0 Å². The van der Waals surface area contributed by atoms with Gasteiger partial charge in [-0.3, -0.25) is 9.78 Å². The molecule has 5 heteroatoms. The molecule has 0 unspecified atom stereocenters. The number of anilines is 2. The number of nitrogens with one attached hydrogen (secondary N) is 2. The summed E-state index contributed by atoms with van der Waals surface area (Å²) in [6, 6.07) is 11.9. The highest BCUT2D eigenvalue weighted by atomic mass is 16.5. The number of carbonyl (C=O) groups excluding carboxylic acids is 1. The van der Waals surface area contributed by atoms with Crippen LogP contribution in [-0.2, 0) is 6.42 Å². The molecule has 1 aromatic carbocycles. The monoisotopic (exact) mass is 373 g/mol. The Bertz CT molecular complexity index is 1010. The summed E-state index contributed by atoms with van der Waals surface area (Å²) in [6.07, 6.45) is 8.38. The van der Waals surface area contributed by atoms with Crippen LogP contribution < -0.4 is 10.1 Å². The standard InChI is InChI=1S/C23H23N3O2/c27-19-8-4-7-18-21(19)23(25-16-5-2-1-3-6-16)22(26-18)17-11-12-24-13-20(17)28-14-15-9-10-15/h1-3,5-6,11-13,15,25-26H,4,7-10,14H2. The Balaban J connectivity index is 1.60. The number of para-hydroxylation sites is 1. The van der Waals surface area contributed by atoms with Crippen LogP contribution in [0.5, 0.6) is 5.75 Å². The molecule has 142 valence electrons. The fraction of sp³-hybridized carbons (Fsp3) is 0.304. The number of ether oxygens (including phenoxy) is 1. The van der Waals surface area contributed by atoms with Crippen molar-refractivity contribution in [1.82, 2.24) is 9.97 Å². The molecule has 0 spiro atoms. The summed E-state index contributed by atoms with van der Waals surface area (Å²) in [7, 11) is 0. The summed E-state index contributed by atoms with van der Waals surface area (Å²) in [6.45, 7) is 0.722. The van der Waals surface area contributed by atoms with Crippen molar-refractivity contribution < 1.29 is 9.53 Å². The minimum Gasteiger partial charge on any atom is -0.491 e. The first-order valence-electron chi connectivity index (χ1n) is 9.97. The fourth-order valence-corrected chi connectivity index (χ4v) is 3.78. The number of benzene rings is 1. The van der Waals surface area contributed by atoms with E-state index in [1.165, 1.54) is 12.8 Å². The average Bonchev–Trinajstić information content (AvgIpc) is 3.49. The Morgan fingerprint density at radius 2 is 2.00 bits per heavy atom. The first-order chi connectivity index (χ1) is 13.8. The number of hydrogen-bond donors (Lipinski definition) is 2. The van der Waals surface area contributed by atoms with Crippen molar-refractivity contribution in [2.24, 2.45) is 5.92 Å². The molecule has 1 saturated carbocycles. The SMILES string of the molecule is O=C1CCCc2[nH]c(-c3ccncc3OCC3CC3)c(Nc3ccccc3)c21. The van der Waals surface area contributed by atoms with Crippen LogP contribution in [-0.4, -0.2) is 22.4 Å². The van der Waals surface area contributed by atoms with Crippen LogP contribution in [0.4, 0.5) is 11.4 Å². The number of rotatable bonds is 6. The Kier molecular flexibility index (Phi) is 4.35. The van der Waals surface area contributed by atoms with Crippen LogP contribution in [0, 0.1) is 5.92 Å². The molecule has 5 rings (SSSR count). The van der Waals surface area contributed by atoms with Crippen LogP contribution in [0.25, 0.3) is 11.3 Å². The lowest BCUT2D eigenvalue weighted by Crippen LogP contribution is -2.10. The molecule has 2 N–H and O–H groups in total. The maximum atomic E-state index is 12.7. The van der Waals surface area contributed by atoms with Crippen LogP contribution in [0.1, 0.15) is 41.7 Å². The van der Waals surface area contributed by atoms with Gasteiger partial charge in [0.2, 0.25) is 0 Å². The number of fused-ring (bicyclic) bond motifs is 1. The number of nitrogens with zero attached hydrogens (tertiary/aromatic N) is 1. The van der Waals surface area contributed by atoms with Gasteiger partial charge in [0.1, 0.15) is 5.75 Å². The molecule has 1 fully saturated rings. The number of aryl methyl sites for hydroxylation is 1. The van der Waals surface area contributed by atoms with Crippen molar-refractivity contribution in [2.45, 2.75) is 32.1 Å². The van der Waals surface area contributed by atoms with E-state index in [2.05, 4.69) is 15.3 Å². The molecular weight excluding hydrogens is 350 g/mol. The van der Waals surface area contributed by atoms with Gasteiger partial charge in [-0.1, -0.05) is 18.2 Å². The number of Topliss-reactive ketones (excluding diaryl/α,β-unsaturated/α-hetero) is 1. The molecule has 0 aliphatic heterocycles. The third-order valence-corrected chi connectivity index (χ3v) is 5.46. The quantitative estimate of drug-likeness (QED) is 0.629. The van der Waals surface area contributed by atoms with Gasteiger partial charge in [0.05, 0.1) is 29.7 Å². The minimum absolute atomic E-state index is 0.191. The summed E-state index contributed by atoms with van der Waals surface area (Å²) < 4.78 is 6.08. The zero-order valence-corrected chi connectivity index (χ0v) is 15.7. The molecule has 2 aliphatic rings. The average molecular weight is 373 g/mol. The van der Waals surface area contributed by atoms with E-state index in [0.717, 1.165) is 59.1 Å². The predicted molar refractivity (Wildman–Crippen MR) is 109 cm³/mol. The molecule has 2 aromatic heterocycles. The van der Waals surface area contributed by atoms with Gasteiger partial charge in [0, 0.05) is 29.6 Å². The predicted octanol–water partition coefficient (Wildman–Crippen LogP) is 5.13. The first kappa shape index (κ1) is 17.0. The van der Waals surface area contributed by atoms with Gasteiger partial charge in [-0.05, 0) is 49.8 Å². The number of H-pyrrole nitrogens is 1. The number of hydrogen-bond acceptors (Lipinski definition) is 4. The third-order valence-electron chi connectivity index (χ3n) is 5.46. The molecule has 0 radical (unpaired) electrons. The van der Waals surface area contributed by atoms with Crippen LogP contribution in [0.3, 0.4) is 0 Å². The van der Waals surface area contributed by atoms with Crippen LogP contribution >= 0.6 is 0 Å². The lowest BCUT2D eigenvalue weighted by atomic mass is 9.95. The van der Waals surface area contributed by atoms with Gasteiger partial charge < -0.3 is 15.0 Å². The fourth-order valence-electron chi connectivity index (χ4n) is 3.78. The van der Waals surface area contributed by atoms with E-state index in [1.54, 1.807) is 12.4 Å². The number of aromatic amines is 1. The van der Waals surface area contributed by atoms with Crippen molar-refractivity contribution in [3.8, 4) is 17.0 Å². The van der Waals surface area contributed by atoms with Crippen LogP contribution in [0.15, 0.2) is 48.8 Å². The highest BCUT2D eigenvalue weighted by molar-refractivity contribution is 6.07. The smallest absolute Gasteiger partial charge is 0.166 e. The second kappa shape index (κ2) is 7.15. The lowest BCUT2D eigenvalue weighted by molar-refractivity contribution is 0.0973. The van der Waals surface area contributed by atoms with E-state index in [9.17, 15) is 4.79 Å². The third kappa shape index (κ3) is 3.28. The summed E-state index contributed by atoms with van der Waals surface area (Å²) in [5.41, 5.74) is 5.44. The second-order valence-electron chi connectivity index (χ2n) is 7.62. The highest BCUT2D eigenvalue weighted by Gasteiger charge is 2.28. The van der Waals surface area contributed by atoms with E-state index < -0.39 is 0 Å². The molecule has 5 nitrogen and oxygen atoms in total. The molecular formula is C23H23N3O2. The Morgan fingerprint density at radius 1 is 1.14 bits per heavy atom. The Labute approximate surface area is 164 Å². The topological polar surface area (TPSA) is 67.0 Å². The van der Waals surface area contributed by atoms with E-state index in [4.69, 9.17) is 4.74 Å². The van der Waals surface area contributed by atoms with E-state index in [-0.39, 0.29) is 5.78 Å². The Morgan fingerprint density at radius 3 is 2.82 bits per heavy atom. The zero-order valence-electron chi connectivity index (χ0n) is 15.7. The second-order valence-corrected chi connectivity index (χ2v) is 7.62. The Hall–Kier alpha value is -3.08. The highest BCUT2D eigenvalue weighted by Crippen LogP contribution is 2.42. The van der Waals surface area contributed by atoms with Gasteiger partial charge in [-0.2, -0.15) is 0 Å². The van der Waals surface area contributed by atoms with Gasteiger partial charge in [0.25, 0.3) is 0 Å². The molecule has 0 saturated heterocycles. The largest absolute Gasteiger partial charge is 0.491 e. The first-order valence-corrected chi connectivity index (χ1v) is 9.97. The van der Waals surface area contributed by atoms with Crippen LogP contribution in [0.2, 0.25) is 0 Å². The van der Waals surface area contributed by atoms with Crippen molar-refractivity contribution in [1.29, 1.82) is 0 Å². The summed E-state index contributed by atoms with van der Waals surface area (Å²) >= 11 is 0. The van der Waals surface area contributed by atoms with Gasteiger partial charge in [0.15, 0.2) is 5.78 Å². The molecule has 0 bridgehead atoms. The van der Waals surface area contributed by atoms with E-state index in [1.807, 2.05) is 36.4 Å². The molecule has 2 aliphatic carbocycles. The van der Waals surface area contributed by atoms with Crippen molar-refractivity contribution in [3.05, 3.63) is 60.0 Å². The normalized spacial score (nSPS) is 15.9. The maximum absolute atomic E-state index is 12.7. The molecule has 0 atom stereocenters. The number of ketones is 1. The zero-order chi connectivity index (χ0) is 18.9. The van der Waals surface area contributed by atoms with Gasteiger partial charge >= 0.3 is 0 Å². The minimum atomic E-state index is 0.191. The lowest BCUT2D eigenvalue weighted by Gasteiger charge is -2.15. The molecule has 0 amide bonds. The summed E-state index contributed by atoms with van der Waals surface area (Å²) in [5, 5.41) is 3.49. The van der Waals surface area contributed by atoms with Crippen molar-refractivity contribution in [2.75, 3.05) is 11.9 Å². The summed E-state index contributed by atoms with van der Waals surface area (Å²) in [5.74, 6) is 1.61. The van der Waals surface area contributed by atoms with E-state index in [0.29, 0.717) is 12.3 Å². The molecule has 2 heterocycles. The van der Waals surface area contributed by atoms with Gasteiger partial charge in [-0.25, -0.2) is 0 Å². The number of pyridine rings is 1. The number of aromatic nitrogens is 2. The van der Waals surface area contributed by atoms with E-state index >= 15 is 0 Å². The molecule has 28 heavy (non-hydrogen) atoms. The maximum Gasteiger partial charge on any atom is 0.166 e.